The van der Waals surface area contributed by atoms with E-state index in [0.29, 0.717) is 6.04 Å². The van der Waals surface area contributed by atoms with Gasteiger partial charge in [0.2, 0.25) is 0 Å². The molecule has 0 aliphatic heterocycles. The van der Waals surface area contributed by atoms with Gasteiger partial charge in [-0.25, -0.2) is 0 Å². The first-order valence-electron chi connectivity index (χ1n) is 8.35. The molecule has 1 aromatic rings. The van der Waals surface area contributed by atoms with E-state index in [-0.39, 0.29) is 6.10 Å². The lowest BCUT2D eigenvalue weighted by atomic mass is 9.91. The van der Waals surface area contributed by atoms with Crippen LogP contribution in [0.1, 0.15) is 38.2 Å². The first-order chi connectivity index (χ1) is 10.7. The summed E-state index contributed by atoms with van der Waals surface area (Å²) in [5, 5.41) is 9.74. The van der Waals surface area contributed by atoms with E-state index >= 15 is 0 Å². The predicted octanol–water partition coefficient (Wildman–Crippen LogP) is 3.55. The first-order valence-corrected chi connectivity index (χ1v) is 9.51. The van der Waals surface area contributed by atoms with Crippen molar-refractivity contribution in [1.82, 2.24) is 4.90 Å². The topological polar surface area (TPSA) is 32.7 Å². The molecule has 1 aromatic carbocycles. The number of aliphatic hydroxyl groups is 1. The van der Waals surface area contributed by atoms with Gasteiger partial charge in [-0.2, -0.15) is 11.8 Å². The summed E-state index contributed by atoms with van der Waals surface area (Å²) in [6.45, 7) is 4.31. The van der Waals surface area contributed by atoms with Crippen LogP contribution in [0.15, 0.2) is 24.3 Å². The van der Waals surface area contributed by atoms with E-state index in [1.165, 1.54) is 17.1 Å². The van der Waals surface area contributed by atoms with E-state index in [4.69, 9.17) is 4.74 Å². The van der Waals surface area contributed by atoms with Gasteiger partial charge in [0.15, 0.2) is 0 Å². The number of aliphatic hydroxyl groups excluding tert-OH is 1. The van der Waals surface area contributed by atoms with Crippen molar-refractivity contribution >= 4 is 11.8 Å². The molecule has 0 saturated heterocycles. The quantitative estimate of drug-likeness (QED) is 0.742. The van der Waals surface area contributed by atoms with Crippen molar-refractivity contribution < 1.29 is 9.84 Å². The Morgan fingerprint density at radius 1 is 1.27 bits per heavy atom. The van der Waals surface area contributed by atoms with Crippen LogP contribution in [0.3, 0.4) is 0 Å². The molecule has 0 aromatic heterocycles. The van der Waals surface area contributed by atoms with Gasteiger partial charge >= 0.3 is 0 Å². The van der Waals surface area contributed by atoms with Crippen LogP contribution in [0.4, 0.5) is 0 Å². The molecule has 1 fully saturated rings. The fraction of sp³-hybridized carbons (Fsp3) is 0.667. The zero-order chi connectivity index (χ0) is 15.8. The highest BCUT2D eigenvalue weighted by molar-refractivity contribution is 7.99. The van der Waals surface area contributed by atoms with Gasteiger partial charge in [0, 0.05) is 24.9 Å². The SMILES string of the molecule is CCSCCN(Cc1cccc(OC)c1)C1CCC(O)CC1. The second-order valence-electron chi connectivity index (χ2n) is 5.98. The van der Waals surface area contributed by atoms with Crippen molar-refractivity contribution in [3.8, 4) is 5.75 Å². The van der Waals surface area contributed by atoms with Gasteiger partial charge in [-0.1, -0.05) is 19.1 Å². The lowest BCUT2D eigenvalue weighted by Gasteiger charge is -2.36. The third-order valence-electron chi connectivity index (χ3n) is 4.43. The zero-order valence-electron chi connectivity index (χ0n) is 13.8. The Bertz CT molecular complexity index is 433. The zero-order valence-corrected chi connectivity index (χ0v) is 14.6. The van der Waals surface area contributed by atoms with Crippen LogP contribution in [-0.2, 0) is 6.54 Å². The number of methoxy groups -OCH3 is 1. The Kier molecular flexibility index (Phi) is 7.56. The van der Waals surface area contributed by atoms with Crippen LogP contribution in [0.25, 0.3) is 0 Å². The second kappa shape index (κ2) is 9.43. The summed E-state index contributed by atoms with van der Waals surface area (Å²) in [6.07, 6.45) is 4.03. The van der Waals surface area contributed by atoms with Gasteiger partial charge in [-0.15, -0.1) is 0 Å². The molecule has 1 saturated carbocycles. The number of thioether (sulfide) groups is 1. The van der Waals surface area contributed by atoms with Crippen molar-refractivity contribution in [2.45, 2.75) is 51.3 Å². The standard InChI is InChI=1S/C18H29NO2S/c1-3-22-12-11-19(16-7-9-17(20)10-8-16)14-15-5-4-6-18(13-15)21-2/h4-6,13,16-17,20H,3,7-12,14H2,1-2H3. The lowest BCUT2D eigenvalue weighted by Crippen LogP contribution is -2.40. The molecule has 0 radical (unpaired) electrons. The largest absolute Gasteiger partial charge is 0.497 e. The van der Waals surface area contributed by atoms with Crippen LogP contribution in [0, 0.1) is 0 Å². The van der Waals surface area contributed by atoms with E-state index in [1.807, 2.05) is 17.8 Å². The monoisotopic (exact) mass is 323 g/mol. The number of ether oxygens (including phenoxy) is 1. The Balaban J connectivity index is 1.99. The maximum atomic E-state index is 9.74. The molecule has 0 atom stereocenters. The third-order valence-corrected chi connectivity index (χ3v) is 5.31. The van der Waals surface area contributed by atoms with Crippen LogP contribution in [-0.4, -0.2) is 47.3 Å². The summed E-state index contributed by atoms with van der Waals surface area (Å²) in [6, 6.07) is 8.99. The van der Waals surface area contributed by atoms with Crippen LogP contribution >= 0.6 is 11.8 Å². The highest BCUT2D eigenvalue weighted by Gasteiger charge is 2.24. The molecule has 22 heavy (non-hydrogen) atoms. The minimum Gasteiger partial charge on any atom is -0.497 e. The van der Waals surface area contributed by atoms with Crippen LogP contribution < -0.4 is 4.74 Å². The van der Waals surface area contributed by atoms with Gasteiger partial charge in [-0.3, -0.25) is 4.90 Å². The van der Waals surface area contributed by atoms with Crippen molar-refractivity contribution in [1.29, 1.82) is 0 Å². The molecule has 124 valence electrons. The van der Waals surface area contributed by atoms with E-state index in [1.54, 1.807) is 7.11 Å². The van der Waals surface area contributed by atoms with Gasteiger partial charge in [-0.05, 0) is 49.1 Å². The third kappa shape index (κ3) is 5.49. The maximum absolute atomic E-state index is 9.74. The molecule has 0 amide bonds. The second-order valence-corrected chi connectivity index (χ2v) is 7.38. The van der Waals surface area contributed by atoms with E-state index in [9.17, 15) is 5.11 Å². The average molecular weight is 324 g/mol. The Morgan fingerprint density at radius 2 is 2.05 bits per heavy atom. The van der Waals surface area contributed by atoms with Crippen LogP contribution in [0.5, 0.6) is 5.75 Å². The summed E-state index contributed by atoms with van der Waals surface area (Å²) in [5.74, 6) is 3.29. The molecule has 0 spiro atoms. The van der Waals surface area contributed by atoms with Crippen molar-refractivity contribution in [3.63, 3.8) is 0 Å². The minimum absolute atomic E-state index is 0.0834. The molecule has 1 aliphatic rings. The number of hydrogen-bond donors (Lipinski definition) is 1. The Morgan fingerprint density at radius 3 is 2.73 bits per heavy atom. The molecule has 0 bridgehead atoms. The molecule has 1 N–H and O–H groups in total. The normalized spacial score (nSPS) is 22.0. The average Bonchev–Trinajstić information content (AvgIpc) is 2.55. The van der Waals surface area contributed by atoms with Gasteiger partial charge in [0.25, 0.3) is 0 Å². The first kappa shape index (κ1) is 17.6. The van der Waals surface area contributed by atoms with Gasteiger partial charge in [0.05, 0.1) is 13.2 Å². The lowest BCUT2D eigenvalue weighted by molar-refractivity contribution is 0.0732. The molecule has 2 rings (SSSR count). The molecule has 1 aliphatic carbocycles. The molecule has 0 heterocycles. The summed E-state index contributed by atoms with van der Waals surface area (Å²) in [5.41, 5.74) is 1.31. The van der Waals surface area contributed by atoms with E-state index < -0.39 is 0 Å². The maximum Gasteiger partial charge on any atom is 0.119 e. The summed E-state index contributed by atoms with van der Waals surface area (Å²) in [4.78, 5) is 2.60. The smallest absolute Gasteiger partial charge is 0.119 e. The number of nitrogens with zero attached hydrogens (tertiary/aromatic N) is 1. The van der Waals surface area contributed by atoms with Crippen molar-refractivity contribution in [2.24, 2.45) is 0 Å². The fourth-order valence-electron chi connectivity index (χ4n) is 3.15. The van der Waals surface area contributed by atoms with E-state index in [0.717, 1.165) is 44.5 Å². The fourth-order valence-corrected chi connectivity index (χ4v) is 3.80. The Hall–Kier alpha value is -0.710. The number of benzene rings is 1. The molecule has 0 unspecified atom stereocenters. The minimum atomic E-state index is -0.0834. The molecule has 4 heteroatoms. The number of hydrogen-bond acceptors (Lipinski definition) is 4. The summed E-state index contributed by atoms with van der Waals surface area (Å²) in [7, 11) is 1.72. The Labute approximate surface area is 139 Å². The van der Waals surface area contributed by atoms with E-state index in [2.05, 4.69) is 30.0 Å². The summed E-state index contributed by atoms with van der Waals surface area (Å²) >= 11 is 2.00. The molecule has 3 nitrogen and oxygen atoms in total. The number of rotatable bonds is 8. The van der Waals surface area contributed by atoms with Gasteiger partial charge in [0.1, 0.15) is 5.75 Å². The van der Waals surface area contributed by atoms with Gasteiger partial charge < -0.3 is 9.84 Å². The predicted molar refractivity (Wildman–Crippen MR) is 94.7 cm³/mol. The van der Waals surface area contributed by atoms with Crippen molar-refractivity contribution in [3.05, 3.63) is 29.8 Å². The molecular formula is C18H29NO2S. The molecular weight excluding hydrogens is 294 g/mol. The summed E-state index contributed by atoms with van der Waals surface area (Å²) < 4.78 is 5.34. The highest BCUT2D eigenvalue weighted by atomic mass is 32.2. The van der Waals surface area contributed by atoms with Crippen molar-refractivity contribution in [2.75, 3.05) is 25.2 Å². The highest BCUT2D eigenvalue weighted by Crippen LogP contribution is 2.25. The van der Waals surface area contributed by atoms with Crippen LogP contribution in [0.2, 0.25) is 0 Å².